The van der Waals surface area contributed by atoms with E-state index in [9.17, 15) is 9.18 Å². The molecule has 0 spiro atoms. The van der Waals surface area contributed by atoms with Crippen molar-refractivity contribution in [3.05, 3.63) is 57.2 Å². The molecule has 2 aromatic rings. The highest BCUT2D eigenvalue weighted by molar-refractivity contribution is 6.30. The van der Waals surface area contributed by atoms with E-state index in [2.05, 4.69) is 5.10 Å². The van der Waals surface area contributed by atoms with Gasteiger partial charge in [0.05, 0.1) is 23.5 Å². The van der Waals surface area contributed by atoms with Gasteiger partial charge in [-0.15, -0.1) is 0 Å². The van der Waals surface area contributed by atoms with E-state index in [0.717, 1.165) is 4.68 Å². The molecule has 1 aromatic carbocycles. The summed E-state index contributed by atoms with van der Waals surface area (Å²) in [5.74, 6) is -0.542. The fourth-order valence-electron chi connectivity index (χ4n) is 1.40. The normalized spacial score (nSPS) is 10.5. The highest BCUT2D eigenvalue weighted by atomic mass is 35.5. The Kier molecular flexibility index (Phi) is 3.10. The second-order valence-electron chi connectivity index (χ2n) is 3.50. The lowest BCUT2D eigenvalue weighted by Gasteiger charge is -2.06. The molecule has 1 aromatic heterocycles. The van der Waals surface area contributed by atoms with Crippen molar-refractivity contribution in [3.8, 4) is 0 Å². The molecule has 0 saturated heterocycles. The lowest BCUT2D eigenvalue weighted by atomic mass is 10.2. The quantitative estimate of drug-likeness (QED) is 0.886. The minimum absolute atomic E-state index is 0.0194. The molecule has 4 nitrogen and oxygen atoms in total. The molecular formula is C11H9ClFN3O. The lowest BCUT2D eigenvalue weighted by molar-refractivity contribution is 0.573. The number of aromatic nitrogens is 2. The lowest BCUT2D eigenvalue weighted by Crippen LogP contribution is -2.23. The number of nitrogens with two attached hydrogens (primary N) is 1. The Bertz CT molecular complexity index is 612. The van der Waals surface area contributed by atoms with Crippen molar-refractivity contribution in [1.29, 1.82) is 0 Å². The van der Waals surface area contributed by atoms with E-state index in [1.54, 1.807) is 12.1 Å². The Morgan fingerprint density at radius 2 is 2.24 bits per heavy atom. The first-order valence-electron chi connectivity index (χ1n) is 4.83. The van der Waals surface area contributed by atoms with Crippen LogP contribution in [0.4, 0.5) is 10.1 Å². The summed E-state index contributed by atoms with van der Waals surface area (Å²) >= 11 is 5.64. The van der Waals surface area contributed by atoms with Gasteiger partial charge in [0.15, 0.2) is 0 Å². The summed E-state index contributed by atoms with van der Waals surface area (Å²) in [7, 11) is 0. The van der Waals surface area contributed by atoms with Crippen LogP contribution in [0.2, 0.25) is 5.02 Å². The maximum Gasteiger partial charge on any atom is 0.269 e. The van der Waals surface area contributed by atoms with Crippen LogP contribution >= 0.6 is 11.6 Å². The fraction of sp³-hybridized carbons (Fsp3) is 0.0909. The van der Waals surface area contributed by atoms with E-state index in [0.29, 0.717) is 5.56 Å². The van der Waals surface area contributed by atoms with Crippen molar-refractivity contribution < 1.29 is 4.39 Å². The maximum atomic E-state index is 13.6. The molecule has 0 aliphatic rings. The average molecular weight is 254 g/mol. The van der Waals surface area contributed by atoms with Crippen LogP contribution in [0.15, 0.2) is 35.3 Å². The molecule has 6 heteroatoms. The summed E-state index contributed by atoms with van der Waals surface area (Å²) in [6.45, 7) is 0.0194. The van der Waals surface area contributed by atoms with Crippen molar-refractivity contribution >= 4 is 17.3 Å². The smallest absolute Gasteiger partial charge is 0.269 e. The molecule has 17 heavy (non-hydrogen) atoms. The molecule has 0 fully saturated rings. The van der Waals surface area contributed by atoms with Gasteiger partial charge in [-0.2, -0.15) is 5.10 Å². The standard InChI is InChI=1S/C11H9ClFN3O/c12-9-3-1-2-7(11(9)13)6-16-10(17)4-8(14)5-15-16/h1-5H,6,14H2. The molecule has 88 valence electrons. The molecule has 0 radical (unpaired) electrons. The molecule has 1 heterocycles. The predicted octanol–water partition coefficient (Wildman–Crippen LogP) is 1.67. The number of hydrogen-bond donors (Lipinski definition) is 1. The summed E-state index contributed by atoms with van der Waals surface area (Å²) in [5.41, 5.74) is 5.60. The van der Waals surface area contributed by atoms with E-state index in [1.807, 2.05) is 0 Å². The van der Waals surface area contributed by atoms with Crippen LogP contribution in [-0.4, -0.2) is 9.78 Å². The van der Waals surface area contributed by atoms with Crippen LogP contribution in [0.25, 0.3) is 0 Å². The Balaban J connectivity index is 2.38. The third-order valence-electron chi connectivity index (χ3n) is 2.24. The Morgan fingerprint density at radius 1 is 1.47 bits per heavy atom. The number of nitrogens with zero attached hydrogens (tertiary/aromatic N) is 2. The average Bonchev–Trinajstić information content (AvgIpc) is 2.28. The van der Waals surface area contributed by atoms with Crippen molar-refractivity contribution in [2.45, 2.75) is 6.54 Å². The van der Waals surface area contributed by atoms with Crippen molar-refractivity contribution in [2.24, 2.45) is 0 Å². The monoisotopic (exact) mass is 253 g/mol. The molecular weight excluding hydrogens is 245 g/mol. The van der Waals surface area contributed by atoms with Crippen LogP contribution in [-0.2, 0) is 6.54 Å². The second kappa shape index (κ2) is 4.55. The van der Waals surface area contributed by atoms with Crippen LogP contribution < -0.4 is 11.3 Å². The van der Waals surface area contributed by atoms with Crippen molar-refractivity contribution in [2.75, 3.05) is 5.73 Å². The number of nitrogen functional groups attached to an aromatic ring is 1. The predicted molar refractivity (Wildman–Crippen MR) is 63.4 cm³/mol. The van der Waals surface area contributed by atoms with Gasteiger partial charge < -0.3 is 5.73 Å². The zero-order valence-electron chi connectivity index (χ0n) is 8.73. The zero-order valence-corrected chi connectivity index (χ0v) is 9.49. The first kappa shape index (κ1) is 11.6. The van der Waals surface area contributed by atoms with Gasteiger partial charge in [-0.25, -0.2) is 9.07 Å². The van der Waals surface area contributed by atoms with Crippen LogP contribution in [0.1, 0.15) is 5.56 Å². The minimum atomic E-state index is -0.542. The number of halogens is 2. The summed E-state index contributed by atoms with van der Waals surface area (Å²) < 4.78 is 14.7. The SMILES string of the molecule is Nc1cnn(Cc2cccc(Cl)c2F)c(=O)c1. The van der Waals surface area contributed by atoms with Gasteiger partial charge in [0.2, 0.25) is 0 Å². The molecule has 0 aliphatic carbocycles. The van der Waals surface area contributed by atoms with Gasteiger partial charge in [-0.1, -0.05) is 23.7 Å². The number of hydrogen-bond acceptors (Lipinski definition) is 3. The van der Waals surface area contributed by atoms with Crippen LogP contribution in [0.3, 0.4) is 0 Å². The van der Waals surface area contributed by atoms with E-state index in [-0.39, 0.29) is 22.8 Å². The van der Waals surface area contributed by atoms with Gasteiger partial charge in [-0.3, -0.25) is 4.79 Å². The minimum Gasteiger partial charge on any atom is -0.397 e. The fourth-order valence-corrected chi connectivity index (χ4v) is 1.59. The van der Waals surface area contributed by atoms with Crippen LogP contribution in [0, 0.1) is 5.82 Å². The third kappa shape index (κ3) is 2.45. The topological polar surface area (TPSA) is 60.9 Å². The van der Waals surface area contributed by atoms with Crippen LogP contribution in [0.5, 0.6) is 0 Å². The number of benzene rings is 1. The maximum absolute atomic E-state index is 13.6. The summed E-state index contributed by atoms with van der Waals surface area (Å²) in [5, 5.41) is 3.83. The highest BCUT2D eigenvalue weighted by Crippen LogP contribution is 2.18. The van der Waals surface area contributed by atoms with Gasteiger partial charge >= 0.3 is 0 Å². The highest BCUT2D eigenvalue weighted by Gasteiger charge is 2.08. The molecule has 2 N–H and O–H groups in total. The largest absolute Gasteiger partial charge is 0.397 e. The number of anilines is 1. The molecule has 0 aliphatic heterocycles. The summed E-state index contributed by atoms with van der Waals surface area (Å²) in [6.07, 6.45) is 1.34. The Hall–Kier alpha value is -1.88. The van der Waals surface area contributed by atoms with E-state index in [1.165, 1.54) is 18.3 Å². The van der Waals surface area contributed by atoms with Gasteiger partial charge in [-0.05, 0) is 6.07 Å². The molecule has 2 rings (SSSR count). The van der Waals surface area contributed by atoms with E-state index >= 15 is 0 Å². The zero-order chi connectivity index (χ0) is 12.4. The van der Waals surface area contributed by atoms with Crippen molar-refractivity contribution in [3.63, 3.8) is 0 Å². The molecule has 0 atom stereocenters. The first-order valence-corrected chi connectivity index (χ1v) is 5.21. The molecule has 0 bridgehead atoms. The number of rotatable bonds is 2. The summed E-state index contributed by atoms with van der Waals surface area (Å²) in [6, 6.07) is 5.84. The summed E-state index contributed by atoms with van der Waals surface area (Å²) in [4.78, 5) is 11.5. The van der Waals surface area contributed by atoms with Gasteiger partial charge in [0.1, 0.15) is 5.82 Å². The Labute approximate surface area is 101 Å². The van der Waals surface area contributed by atoms with Crippen molar-refractivity contribution in [1.82, 2.24) is 9.78 Å². The Morgan fingerprint density at radius 3 is 2.94 bits per heavy atom. The third-order valence-corrected chi connectivity index (χ3v) is 2.53. The van der Waals surface area contributed by atoms with E-state index in [4.69, 9.17) is 17.3 Å². The van der Waals surface area contributed by atoms with Gasteiger partial charge in [0.25, 0.3) is 5.56 Å². The first-order chi connectivity index (χ1) is 8.08. The molecule has 0 amide bonds. The van der Waals surface area contributed by atoms with Gasteiger partial charge in [0, 0.05) is 11.6 Å². The van der Waals surface area contributed by atoms with E-state index < -0.39 is 5.82 Å². The molecule has 0 saturated carbocycles. The second-order valence-corrected chi connectivity index (χ2v) is 3.90. The molecule has 0 unspecified atom stereocenters.